The van der Waals surface area contributed by atoms with Crippen molar-refractivity contribution >= 4 is 22.2 Å². The molecule has 0 saturated carbocycles. The van der Waals surface area contributed by atoms with E-state index in [4.69, 9.17) is 0 Å². The van der Waals surface area contributed by atoms with Crippen LogP contribution in [0.5, 0.6) is 0 Å². The number of pyridine rings is 1. The number of hydrogen-bond acceptors (Lipinski definition) is 5. The second-order valence-electron chi connectivity index (χ2n) is 3.95. The van der Waals surface area contributed by atoms with Gasteiger partial charge >= 0.3 is 0 Å². The first kappa shape index (κ1) is 11.0. The Hall–Kier alpha value is -2.08. The third-order valence-corrected chi connectivity index (χ3v) is 3.55. The van der Waals surface area contributed by atoms with E-state index in [-0.39, 0.29) is 5.56 Å². The monoisotopic (exact) mass is 258 g/mol. The van der Waals surface area contributed by atoms with Crippen molar-refractivity contribution in [1.82, 2.24) is 19.5 Å². The van der Waals surface area contributed by atoms with Crippen LogP contribution >= 0.6 is 11.3 Å². The molecule has 0 spiro atoms. The van der Waals surface area contributed by atoms with Crippen LogP contribution in [0, 0.1) is 6.92 Å². The highest BCUT2D eigenvalue weighted by molar-refractivity contribution is 7.09. The van der Waals surface area contributed by atoms with Gasteiger partial charge in [0.15, 0.2) is 0 Å². The highest BCUT2D eigenvalue weighted by atomic mass is 32.1. The second-order valence-corrected chi connectivity index (χ2v) is 4.90. The fraction of sp³-hybridized carbons (Fsp3) is 0.167. The summed E-state index contributed by atoms with van der Waals surface area (Å²) in [5, 5.41) is 3.46. The van der Waals surface area contributed by atoms with Gasteiger partial charge < -0.3 is 0 Å². The lowest BCUT2D eigenvalue weighted by Gasteiger charge is -2.03. The van der Waals surface area contributed by atoms with Gasteiger partial charge in [-0.05, 0) is 13.0 Å². The van der Waals surface area contributed by atoms with E-state index in [2.05, 4.69) is 15.0 Å². The maximum absolute atomic E-state index is 12.2. The van der Waals surface area contributed by atoms with Gasteiger partial charge in [-0.2, -0.15) is 0 Å². The van der Waals surface area contributed by atoms with Crippen LogP contribution in [0.25, 0.3) is 10.9 Å². The van der Waals surface area contributed by atoms with Gasteiger partial charge in [0.1, 0.15) is 5.01 Å². The first-order chi connectivity index (χ1) is 8.74. The first-order valence-electron chi connectivity index (χ1n) is 5.44. The van der Waals surface area contributed by atoms with Gasteiger partial charge in [0.05, 0.1) is 30.0 Å². The second kappa shape index (κ2) is 4.30. The minimum atomic E-state index is -0.0600. The molecule has 0 saturated heterocycles. The molecule has 0 atom stereocenters. The lowest BCUT2D eigenvalue weighted by atomic mass is 10.3. The number of aryl methyl sites for hydroxylation is 1. The van der Waals surface area contributed by atoms with Crippen molar-refractivity contribution in [2.24, 2.45) is 0 Å². The van der Waals surface area contributed by atoms with Crippen LogP contribution in [0.15, 0.2) is 35.0 Å². The molecular formula is C12H10N4OS. The maximum Gasteiger partial charge on any atom is 0.261 e. The molecule has 3 aromatic heterocycles. The molecule has 0 fully saturated rings. The molecule has 0 bridgehead atoms. The molecule has 0 amide bonds. The van der Waals surface area contributed by atoms with Gasteiger partial charge in [-0.15, -0.1) is 11.3 Å². The lowest BCUT2D eigenvalue weighted by molar-refractivity contribution is 0.741. The van der Waals surface area contributed by atoms with Gasteiger partial charge in [0.2, 0.25) is 0 Å². The van der Waals surface area contributed by atoms with Crippen molar-refractivity contribution in [3.8, 4) is 0 Å². The molecule has 0 aliphatic rings. The average molecular weight is 258 g/mol. The highest BCUT2D eigenvalue weighted by Crippen LogP contribution is 2.10. The quantitative estimate of drug-likeness (QED) is 0.700. The largest absolute Gasteiger partial charge is 0.292 e. The molecule has 3 aromatic rings. The van der Waals surface area contributed by atoms with E-state index in [1.54, 1.807) is 40.7 Å². The summed E-state index contributed by atoms with van der Waals surface area (Å²) in [6.45, 7) is 2.40. The van der Waals surface area contributed by atoms with Crippen molar-refractivity contribution in [2.45, 2.75) is 13.5 Å². The number of aromatic nitrogens is 4. The van der Waals surface area contributed by atoms with Gasteiger partial charge in [-0.25, -0.2) is 9.97 Å². The van der Waals surface area contributed by atoms with Crippen LogP contribution in [0.3, 0.4) is 0 Å². The van der Waals surface area contributed by atoms with Crippen LogP contribution in [0.4, 0.5) is 0 Å². The zero-order valence-corrected chi connectivity index (χ0v) is 10.5. The van der Waals surface area contributed by atoms with E-state index in [9.17, 15) is 4.79 Å². The predicted octanol–water partition coefficient (Wildman–Crippen LogP) is 1.60. The molecule has 0 aliphatic heterocycles. The predicted molar refractivity (Wildman–Crippen MR) is 69.8 cm³/mol. The van der Waals surface area contributed by atoms with Crippen LogP contribution in [-0.4, -0.2) is 19.5 Å². The van der Waals surface area contributed by atoms with Gasteiger partial charge in [-0.1, -0.05) is 0 Å². The summed E-state index contributed by atoms with van der Waals surface area (Å²) in [5.41, 5.74) is 1.53. The Kier molecular flexibility index (Phi) is 2.64. The highest BCUT2D eigenvalue weighted by Gasteiger charge is 2.06. The number of thiazole rings is 1. The molecule has 0 aliphatic carbocycles. The minimum absolute atomic E-state index is 0.0600. The molecule has 18 heavy (non-hydrogen) atoms. The van der Waals surface area contributed by atoms with E-state index < -0.39 is 0 Å². The molecule has 3 rings (SSSR count). The van der Waals surface area contributed by atoms with Crippen molar-refractivity contribution in [3.05, 3.63) is 51.2 Å². The van der Waals surface area contributed by atoms with Crippen molar-refractivity contribution in [1.29, 1.82) is 0 Å². The maximum atomic E-state index is 12.2. The Labute approximate surface area is 107 Å². The molecule has 0 radical (unpaired) electrons. The molecule has 6 heteroatoms. The molecule has 0 aromatic carbocycles. The summed E-state index contributed by atoms with van der Waals surface area (Å²) >= 11 is 1.55. The van der Waals surface area contributed by atoms with Gasteiger partial charge in [-0.3, -0.25) is 14.3 Å². The number of hydrogen-bond donors (Lipinski definition) is 0. The number of fused-ring (bicyclic) bond motifs is 1. The fourth-order valence-electron chi connectivity index (χ4n) is 1.74. The summed E-state index contributed by atoms with van der Waals surface area (Å²) in [7, 11) is 0. The van der Waals surface area contributed by atoms with Crippen LogP contribution in [0.2, 0.25) is 0 Å². The van der Waals surface area contributed by atoms with Crippen LogP contribution < -0.4 is 5.56 Å². The zero-order chi connectivity index (χ0) is 12.5. The Morgan fingerprint density at radius 2 is 2.33 bits per heavy atom. The molecule has 3 heterocycles. The summed E-state index contributed by atoms with van der Waals surface area (Å²) in [5.74, 6) is 0. The van der Waals surface area contributed by atoms with Crippen LogP contribution in [-0.2, 0) is 6.54 Å². The summed E-state index contributed by atoms with van der Waals surface area (Å²) in [6.07, 6.45) is 4.74. The molecule has 90 valence electrons. The van der Waals surface area contributed by atoms with Crippen molar-refractivity contribution in [3.63, 3.8) is 0 Å². The lowest BCUT2D eigenvalue weighted by Crippen LogP contribution is -2.21. The third kappa shape index (κ3) is 1.91. The molecular weight excluding hydrogens is 248 g/mol. The van der Waals surface area contributed by atoms with Crippen LogP contribution in [0.1, 0.15) is 10.7 Å². The molecule has 0 unspecified atom stereocenters. The Morgan fingerprint density at radius 3 is 3.11 bits per heavy atom. The standard InChI is InChI=1S/C12H10N4OS/c1-8-6-18-11(15-8)5-16-7-14-10-4-13-3-2-9(10)12(16)17/h2-4,6-7H,5H2,1H3. The Balaban J connectivity index is 2.08. The van der Waals surface area contributed by atoms with E-state index in [1.807, 2.05) is 12.3 Å². The van der Waals surface area contributed by atoms with Crippen molar-refractivity contribution < 1.29 is 0 Å². The summed E-state index contributed by atoms with van der Waals surface area (Å²) < 4.78 is 1.57. The Bertz CT molecular complexity index is 762. The fourth-order valence-corrected chi connectivity index (χ4v) is 2.51. The molecule has 5 nitrogen and oxygen atoms in total. The normalized spacial score (nSPS) is 10.9. The van der Waals surface area contributed by atoms with E-state index in [1.165, 1.54) is 0 Å². The smallest absolute Gasteiger partial charge is 0.261 e. The van der Waals surface area contributed by atoms with E-state index >= 15 is 0 Å². The van der Waals surface area contributed by atoms with E-state index in [0.717, 1.165) is 10.7 Å². The third-order valence-electron chi connectivity index (χ3n) is 2.60. The van der Waals surface area contributed by atoms with Gasteiger partial charge in [0, 0.05) is 17.3 Å². The average Bonchev–Trinajstić information content (AvgIpc) is 2.79. The Morgan fingerprint density at radius 1 is 1.44 bits per heavy atom. The first-order valence-corrected chi connectivity index (χ1v) is 6.32. The topological polar surface area (TPSA) is 60.7 Å². The SMILES string of the molecule is Cc1csc(Cn2cnc3cnccc3c2=O)n1. The van der Waals surface area contributed by atoms with E-state index in [0.29, 0.717) is 17.4 Å². The number of rotatable bonds is 2. The minimum Gasteiger partial charge on any atom is -0.292 e. The zero-order valence-electron chi connectivity index (χ0n) is 9.70. The summed E-state index contributed by atoms with van der Waals surface area (Å²) in [6, 6.07) is 1.69. The van der Waals surface area contributed by atoms with Crippen molar-refractivity contribution in [2.75, 3.05) is 0 Å². The molecule has 0 N–H and O–H groups in total. The summed E-state index contributed by atoms with van der Waals surface area (Å²) in [4.78, 5) is 24.7. The van der Waals surface area contributed by atoms with Gasteiger partial charge in [0.25, 0.3) is 5.56 Å². The number of nitrogens with zero attached hydrogens (tertiary/aromatic N) is 4.